The van der Waals surface area contributed by atoms with E-state index in [0.29, 0.717) is 61.0 Å². The number of rotatable bonds is 7. The molecule has 236 valence electrons. The van der Waals surface area contributed by atoms with Crippen LogP contribution in [0.2, 0.25) is 0 Å². The van der Waals surface area contributed by atoms with Crippen molar-refractivity contribution in [3.8, 4) is 23.7 Å². The fraction of sp³-hybridized carbons (Fsp3) is 0.655. The number of nitrogens with zero attached hydrogens (tertiary/aromatic N) is 8. The first kappa shape index (κ1) is 30.6. The largest absolute Gasteiger partial charge is 0.459 e. The number of fused-ring (bicyclic) bond motifs is 1. The minimum atomic E-state index is -1.15. The van der Waals surface area contributed by atoms with Gasteiger partial charge in [-0.2, -0.15) is 25.2 Å². The van der Waals surface area contributed by atoms with E-state index in [1.54, 1.807) is 14.0 Å². The van der Waals surface area contributed by atoms with Crippen LogP contribution < -0.4 is 15.4 Å². The molecule has 15 heteroatoms. The fourth-order valence-electron chi connectivity index (χ4n) is 6.77. The van der Waals surface area contributed by atoms with Crippen molar-refractivity contribution in [2.45, 2.75) is 88.3 Å². The van der Waals surface area contributed by atoms with Gasteiger partial charge in [-0.15, -0.1) is 11.3 Å². The zero-order valence-electron chi connectivity index (χ0n) is 25.4. The molecule has 0 spiro atoms. The van der Waals surface area contributed by atoms with Crippen molar-refractivity contribution in [2.75, 3.05) is 44.4 Å². The predicted molar refractivity (Wildman–Crippen MR) is 160 cm³/mol. The molecule has 1 aliphatic carbocycles. The highest BCUT2D eigenvalue weighted by molar-refractivity contribution is 7.16. The third-order valence-corrected chi connectivity index (χ3v) is 10.0. The van der Waals surface area contributed by atoms with E-state index in [0.717, 1.165) is 30.6 Å². The van der Waals surface area contributed by atoms with Gasteiger partial charge in [0.1, 0.15) is 23.3 Å². The van der Waals surface area contributed by atoms with E-state index in [1.165, 1.54) is 11.3 Å². The SMILES string of the molecule is CO[C@@]1(c2nc(-c3nc(O[C@@H](C)C4C[C@@H](F)CN4C)nc(N4CCCC[C@](C)(O)C4)n3)no2)CCCc2sc(N)c(C#N)c21. The highest BCUT2D eigenvalue weighted by atomic mass is 32.1. The number of β-amino-alcohol motifs (C(OH)–C–C–N with tert-alkyl or cyclic N) is 1. The Bertz CT molecular complexity index is 1560. The number of aromatic nitrogens is 5. The Morgan fingerprint density at radius 1 is 1.20 bits per heavy atom. The van der Waals surface area contributed by atoms with Crippen LogP contribution in [0, 0.1) is 11.3 Å². The number of thiophene rings is 1. The molecule has 5 heterocycles. The molecular weight excluding hydrogens is 589 g/mol. The summed E-state index contributed by atoms with van der Waals surface area (Å²) in [4.78, 5) is 23.4. The number of methoxy groups -OCH3 is 1. The number of aryl methyl sites for hydroxylation is 1. The first-order valence-electron chi connectivity index (χ1n) is 15.0. The van der Waals surface area contributed by atoms with E-state index in [1.807, 2.05) is 23.8 Å². The molecule has 5 atom stereocenters. The predicted octanol–water partition coefficient (Wildman–Crippen LogP) is 3.21. The standard InChI is InChI=1S/C29H38FN9O4S/c1-16(19-12-17(30)14-38(19)3)42-27-35-23(34-26(36-27)39-11-6-5-9-28(2,40)15-39)24-33-25(43-37-24)29(41-4)10-7-8-20-21(29)18(13-31)22(32)44-20/h16-17,19,40H,5-12,14-15,32H2,1-4H3/t16-,17+,19?,28-,29-/m0/s1. The van der Waals surface area contributed by atoms with Crippen LogP contribution in [0.15, 0.2) is 4.52 Å². The highest BCUT2D eigenvalue weighted by Crippen LogP contribution is 2.49. The van der Waals surface area contributed by atoms with Crippen LogP contribution in [0.1, 0.15) is 74.3 Å². The second-order valence-electron chi connectivity index (χ2n) is 12.3. The number of ether oxygens (including phenoxy) is 2. The maximum Gasteiger partial charge on any atom is 0.322 e. The maximum atomic E-state index is 14.2. The number of anilines is 2. The number of alkyl halides is 1. The summed E-state index contributed by atoms with van der Waals surface area (Å²) in [5, 5.41) is 25.5. The number of nitrogens with two attached hydrogens (primary N) is 1. The van der Waals surface area contributed by atoms with Crippen molar-refractivity contribution < 1.29 is 23.5 Å². The summed E-state index contributed by atoms with van der Waals surface area (Å²) in [7, 11) is 3.42. The van der Waals surface area contributed by atoms with Crippen LogP contribution in [-0.4, -0.2) is 92.8 Å². The molecule has 3 aromatic rings. The Kier molecular flexibility index (Phi) is 8.20. The van der Waals surface area contributed by atoms with E-state index < -0.39 is 23.5 Å². The summed E-state index contributed by atoms with van der Waals surface area (Å²) in [6, 6.07) is 2.11. The topological polar surface area (TPSA) is 173 Å². The fourth-order valence-corrected chi connectivity index (χ4v) is 7.90. The zero-order valence-corrected chi connectivity index (χ0v) is 26.2. The number of likely N-dealkylation sites (tertiary alicyclic amines) is 1. The number of halogens is 1. The monoisotopic (exact) mass is 627 g/mol. The molecule has 0 bridgehead atoms. The van der Waals surface area contributed by atoms with Crippen LogP contribution in [0.5, 0.6) is 6.01 Å². The number of aliphatic hydroxyl groups is 1. The molecule has 13 nitrogen and oxygen atoms in total. The molecule has 3 N–H and O–H groups in total. The normalized spacial score (nSPS) is 28.3. The van der Waals surface area contributed by atoms with Gasteiger partial charge in [0.2, 0.25) is 17.6 Å². The quantitative estimate of drug-likeness (QED) is 0.391. The van der Waals surface area contributed by atoms with E-state index in [9.17, 15) is 14.8 Å². The van der Waals surface area contributed by atoms with Crippen LogP contribution in [0.25, 0.3) is 11.6 Å². The summed E-state index contributed by atoms with van der Waals surface area (Å²) in [5.41, 5.74) is 5.15. The maximum absolute atomic E-state index is 14.2. The summed E-state index contributed by atoms with van der Waals surface area (Å²) in [5.74, 6) is 0.691. The Labute approximate surface area is 259 Å². The minimum absolute atomic E-state index is 0.0437. The van der Waals surface area contributed by atoms with Gasteiger partial charge in [0, 0.05) is 43.2 Å². The molecule has 1 unspecified atom stereocenters. The average molecular weight is 628 g/mol. The van der Waals surface area contributed by atoms with E-state index >= 15 is 0 Å². The summed E-state index contributed by atoms with van der Waals surface area (Å²) >= 11 is 1.38. The van der Waals surface area contributed by atoms with Gasteiger partial charge in [0.15, 0.2) is 5.60 Å². The van der Waals surface area contributed by atoms with Gasteiger partial charge in [-0.25, -0.2) is 4.39 Å². The van der Waals surface area contributed by atoms with Gasteiger partial charge < -0.3 is 29.7 Å². The van der Waals surface area contributed by atoms with Crippen molar-refractivity contribution in [1.82, 2.24) is 30.0 Å². The molecule has 0 saturated carbocycles. The first-order valence-corrected chi connectivity index (χ1v) is 15.8. The lowest BCUT2D eigenvalue weighted by Gasteiger charge is -2.33. The molecule has 2 fully saturated rings. The molecule has 44 heavy (non-hydrogen) atoms. The van der Waals surface area contributed by atoms with Gasteiger partial charge in [0.05, 0.1) is 11.2 Å². The van der Waals surface area contributed by atoms with Gasteiger partial charge >= 0.3 is 6.01 Å². The lowest BCUT2D eigenvalue weighted by Crippen LogP contribution is -2.40. The Morgan fingerprint density at radius 2 is 2.02 bits per heavy atom. The second kappa shape index (κ2) is 11.8. The number of nitrogen functional groups attached to an aromatic ring is 1. The summed E-state index contributed by atoms with van der Waals surface area (Å²) in [6.45, 7) is 4.97. The van der Waals surface area contributed by atoms with Gasteiger partial charge in [0.25, 0.3) is 5.89 Å². The molecule has 0 radical (unpaired) electrons. The molecule has 0 aromatic carbocycles. The lowest BCUT2D eigenvalue weighted by atomic mass is 9.80. The van der Waals surface area contributed by atoms with E-state index in [4.69, 9.17) is 29.7 Å². The number of hydrogen-bond donors (Lipinski definition) is 2. The average Bonchev–Trinajstić information content (AvgIpc) is 3.67. The van der Waals surface area contributed by atoms with Crippen molar-refractivity contribution >= 4 is 22.3 Å². The van der Waals surface area contributed by atoms with Crippen molar-refractivity contribution in [2.24, 2.45) is 0 Å². The molecule has 2 saturated heterocycles. The number of nitriles is 1. The molecular formula is C29H38FN9O4S. The third kappa shape index (κ3) is 5.60. The first-order chi connectivity index (χ1) is 21.0. The summed E-state index contributed by atoms with van der Waals surface area (Å²) < 4.78 is 32.2. The highest BCUT2D eigenvalue weighted by Gasteiger charge is 2.47. The lowest BCUT2D eigenvalue weighted by molar-refractivity contribution is -0.0178. The van der Waals surface area contributed by atoms with Crippen LogP contribution >= 0.6 is 11.3 Å². The van der Waals surface area contributed by atoms with E-state index in [2.05, 4.69) is 21.2 Å². The van der Waals surface area contributed by atoms with Gasteiger partial charge in [-0.3, -0.25) is 4.90 Å². The Morgan fingerprint density at radius 3 is 2.75 bits per heavy atom. The van der Waals surface area contributed by atoms with Crippen molar-refractivity contribution in [3.05, 3.63) is 21.9 Å². The van der Waals surface area contributed by atoms with Gasteiger partial charge in [-0.1, -0.05) is 5.16 Å². The van der Waals surface area contributed by atoms with Crippen LogP contribution in [0.4, 0.5) is 15.3 Å². The minimum Gasteiger partial charge on any atom is -0.459 e. The van der Waals surface area contributed by atoms with Crippen molar-refractivity contribution in [1.29, 1.82) is 5.26 Å². The molecule has 3 aliphatic rings. The van der Waals surface area contributed by atoms with Crippen LogP contribution in [-0.2, 0) is 16.8 Å². The van der Waals surface area contributed by atoms with E-state index in [-0.39, 0.29) is 29.6 Å². The third-order valence-electron chi connectivity index (χ3n) is 8.97. The second-order valence-corrected chi connectivity index (χ2v) is 13.5. The number of likely N-dealkylation sites (N-methyl/N-ethyl adjacent to an activating group) is 1. The molecule has 0 amide bonds. The molecule has 6 rings (SSSR count). The van der Waals surface area contributed by atoms with Crippen LogP contribution in [0.3, 0.4) is 0 Å². The molecule has 3 aromatic heterocycles. The number of hydrogen-bond acceptors (Lipinski definition) is 14. The molecule has 2 aliphatic heterocycles. The van der Waals surface area contributed by atoms with Gasteiger partial charge in [-0.05, 0) is 65.8 Å². The Hall–Kier alpha value is -3.45. The zero-order chi connectivity index (χ0) is 31.2. The van der Waals surface area contributed by atoms with Crippen molar-refractivity contribution in [3.63, 3.8) is 0 Å². The Balaban J connectivity index is 1.39. The smallest absolute Gasteiger partial charge is 0.322 e. The summed E-state index contributed by atoms with van der Waals surface area (Å²) in [6.07, 6.45) is 3.46.